The van der Waals surface area contributed by atoms with Crippen LogP contribution >= 0.6 is 0 Å². The van der Waals surface area contributed by atoms with Gasteiger partial charge in [0.25, 0.3) is 0 Å². The lowest BCUT2D eigenvalue weighted by Gasteiger charge is -2.06. The number of para-hydroxylation sites is 1. The van der Waals surface area contributed by atoms with Gasteiger partial charge in [0.2, 0.25) is 0 Å². The van der Waals surface area contributed by atoms with E-state index in [0.29, 0.717) is 11.9 Å². The molecule has 0 amide bonds. The first-order valence-electron chi connectivity index (χ1n) is 6.24. The van der Waals surface area contributed by atoms with Crippen LogP contribution in [0.5, 0.6) is 0 Å². The molecule has 0 spiro atoms. The third kappa shape index (κ3) is 3.89. The topological polar surface area (TPSA) is 53.6 Å². The van der Waals surface area contributed by atoms with Gasteiger partial charge in [0.15, 0.2) is 0 Å². The van der Waals surface area contributed by atoms with E-state index in [1.807, 2.05) is 42.6 Å². The zero-order valence-corrected chi connectivity index (χ0v) is 10.7. The molecule has 1 aromatic rings. The summed E-state index contributed by atoms with van der Waals surface area (Å²) in [4.78, 5) is 6.75. The molecule has 1 fully saturated rings. The van der Waals surface area contributed by atoms with Crippen molar-refractivity contribution >= 4 is 11.5 Å². The van der Waals surface area contributed by atoms with Crippen LogP contribution in [-0.2, 0) is 0 Å². The van der Waals surface area contributed by atoms with Crippen molar-refractivity contribution < 1.29 is 0 Å². The number of aliphatic imine (C=N–C) groups is 1. The fraction of sp³-hybridized carbons (Fsp3) is 0.357. The van der Waals surface area contributed by atoms with Crippen LogP contribution in [0.25, 0.3) is 0 Å². The fourth-order valence-electron chi connectivity index (χ4n) is 2.03. The molecule has 18 heavy (non-hydrogen) atoms. The van der Waals surface area contributed by atoms with E-state index in [4.69, 9.17) is 5.73 Å². The third-order valence-corrected chi connectivity index (χ3v) is 2.98. The van der Waals surface area contributed by atoms with Gasteiger partial charge in [-0.15, -0.1) is 0 Å². The van der Waals surface area contributed by atoms with Crippen LogP contribution in [0.4, 0.5) is 5.69 Å². The number of nitrogens with two attached hydrogens (primary N) is 1. The average Bonchev–Trinajstić information content (AvgIpc) is 2.76. The van der Waals surface area contributed by atoms with Gasteiger partial charge in [-0.3, -0.25) is 4.99 Å². The minimum atomic E-state index is 0.344. The quantitative estimate of drug-likeness (QED) is 0.626. The first-order chi connectivity index (χ1) is 8.74. The Bertz CT molecular complexity index is 425. The molecule has 1 aliphatic heterocycles. The van der Waals surface area contributed by atoms with Crippen molar-refractivity contribution in [2.24, 2.45) is 10.7 Å². The molecule has 1 unspecified atom stereocenters. The molecule has 2 rings (SSSR count). The number of amidine groups is 1. The number of likely N-dealkylation sites (N-methyl/N-ethyl adjacent to an activating group) is 1. The first-order valence-corrected chi connectivity index (χ1v) is 6.24. The van der Waals surface area contributed by atoms with E-state index in [2.05, 4.69) is 22.3 Å². The minimum absolute atomic E-state index is 0.344. The molecule has 0 aromatic heterocycles. The van der Waals surface area contributed by atoms with Crippen molar-refractivity contribution in [1.82, 2.24) is 4.90 Å². The van der Waals surface area contributed by atoms with E-state index in [1.165, 1.54) is 0 Å². The highest BCUT2D eigenvalue weighted by atomic mass is 15.1. The van der Waals surface area contributed by atoms with Crippen molar-refractivity contribution in [2.75, 3.05) is 25.5 Å². The van der Waals surface area contributed by atoms with E-state index in [9.17, 15) is 0 Å². The van der Waals surface area contributed by atoms with Crippen LogP contribution in [0, 0.1) is 0 Å². The number of rotatable bonds is 4. The van der Waals surface area contributed by atoms with Gasteiger partial charge in [-0.25, -0.2) is 0 Å². The summed E-state index contributed by atoms with van der Waals surface area (Å²) in [7, 11) is 2.11. The lowest BCUT2D eigenvalue weighted by molar-refractivity contribution is 0.411. The number of nitrogens with zero attached hydrogens (tertiary/aromatic N) is 2. The maximum absolute atomic E-state index is 5.87. The summed E-state index contributed by atoms with van der Waals surface area (Å²) in [6.07, 6.45) is 4.73. The van der Waals surface area contributed by atoms with E-state index in [0.717, 1.165) is 25.2 Å². The van der Waals surface area contributed by atoms with Gasteiger partial charge in [-0.2, -0.15) is 0 Å². The minimum Gasteiger partial charge on any atom is -0.384 e. The predicted octanol–water partition coefficient (Wildman–Crippen LogP) is 1.67. The molecule has 4 nitrogen and oxygen atoms in total. The van der Waals surface area contributed by atoms with Crippen molar-refractivity contribution in [2.45, 2.75) is 12.5 Å². The van der Waals surface area contributed by atoms with Crippen LogP contribution in [0.1, 0.15) is 6.42 Å². The summed E-state index contributed by atoms with van der Waals surface area (Å²) in [5, 5.41) is 3.16. The van der Waals surface area contributed by atoms with Crippen molar-refractivity contribution in [3.8, 4) is 0 Å². The molecular weight excluding hydrogens is 224 g/mol. The summed E-state index contributed by atoms with van der Waals surface area (Å²) in [5.74, 6) is 0.582. The monoisotopic (exact) mass is 244 g/mol. The summed E-state index contributed by atoms with van der Waals surface area (Å²) in [6.45, 7) is 2.11. The normalized spacial score (nSPS) is 21.6. The van der Waals surface area contributed by atoms with E-state index in [-0.39, 0.29) is 0 Å². The van der Waals surface area contributed by atoms with E-state index < -0.39 is 0 Å². The Morgan fingerprint density at radius 1 is 1.44 bits per heavy atom. The van der Waals surface area contributed by atoms with Crippen LogP contribution in [0.15, 0.2) is 47.6 Å². The van der Waals surface area contributed by atoms with Gasteiger partial charge in [0.05, 0.1) is 6.04 Å². The first kappa shape index (κ1) is 12.6. The Morgan fingerprint density at radius 3 is 2.89 bits per heavy atom. The third-order valence-electron chi connectivity index (χ3n) is 2.98. The van der Waals surface area contributed by atoms with Crippen LogP contribution in [0.3, 0.4) is 0 Å². The van der Waals surface area contributed by atoms with Crippen molar-refractivity contribution in [3.63, 3.8) is 0 Å². The average molecular weight is 244 g/mol. The number of nitrogens with one attached hydrogen (secondary N) is 1. The second-order valence-electron chi connectivity index (χ2n) is 4.60. The van der Waals surface area contributed by atoms with Gasteiger partial charge in [0.1, 0.15) is 5.84 Å². The Balaban J connectivity index is 1.83. The molecule has 0 radical (unpaired) electrons. The molecule has 1 aliphatic rings. The molecule has 4 heteroatoms. The van der Waals surface area contributed by atoms with E-state index in [1.54, 1.807) is 0 Å². The Hall–Kier alpha value is -1.81. The molecule has 0 bridgehead atoms. The maximum atomic E-state index is 5.87. The van der Waals surface area contributed by atoms with Crippen molar-refractivity contribution in [1.29, 1.82) is 0 Å². The molecular formula is C14H20N4. The van der Waals surface area contributed by atoms with E-state index >= 15 is 0 Å². The number of likely N-dealkylation sites (tertiary alicyclic amines) is 1. The second-order valence-corrected chi connectivity index (χ2v) is 4.60. The summed E-state index contributed by atoms with van der Waals surface area (Å²) in [6, 6.07) is 10.3. The molecule has 0 saturated carbocycles. The molecule has 1 heterocycles. The SMILES string of the molecule is CN1CCC(N=C(N)/C=C\Nc2ccccc2)C1. The standard InChI is InChI=1S/C14H20N4/c1-18-10-8-13(11-18)17-14(15)7-9-16-12-5-3-2-4-6-12/h2-7,9,13,16H,8,10-11H2,1H3,(H2,15,17)/b9-7-. The number of benzene rings is 1. The zero-order valence-electron chi connectivity index (χ0n) is 10.7. The highest BCUT2D eigenvalue weighted by Gasteiger charge is 2.17. The maximum Gasteiger partial charge on any atom is 0.119 e. The highest BCUT2D eigenvalue weighted by molar-refractivity contribution is 5.91. The number of anilines is 1. The molecule has 1 aromatic carbocycles. The molecule has 96 valence electrons. The molecule has 3 N–H and O–H groups in total. The fourth-order valence-corrected chi connectivity index (χ4v) is 2.03. The summed E-state index contributed by atoms with van der Waals surface area (Å²) < 4.78 is 0. The van der Waals surface area contributed by atoms with Crippen LogP contribution in [-0.4, -0.2) is 36.9 Å². The van der Waals surface area contributed by atoms with Crippen LogP contribution in [0.2, 0.25) is 0 Å². The smallest absolute Gasteiger partial charge is 0.119 e. The number of hydrogen-bond acceptors (Lipinski definition) is 3. The lowest BCUT2D eigenvalue weighted by Crippen LogP contribution is -2.18. The van der Waals surface area contributed by atoms with Gasteiger partial charge < -0.3 is 16.0 Å². The Morgan fingerprint density at radius 2 is 2.22 bits per heavy atom. The molecule has 0 aliphatic carbocycles. The lowest BCUT2D eigenvalue weighted by atomic mass is 10.3. The largest absolute Gasteiger partial charge is 0.384 e. The van der Waals surface area contributed by atoms with Gasteiger partial charge in [0, 0.05) is 18.4 Å². The molecule has 1 saturated heterocycles. The van der Waals surface area contributed by atoms with Gasteiger partial charge in [-0.1, -0.05) is 18.2 Å². The Kier molecular flexibility index (Phi) is 4.36. The van der Waals surface area contributed by atoms with Crippen LogP contribution < -0.4 is 11.1 Å². The van der Waals surface area contributed by atoms with Gasteiger partial charge in [-0.05, 0) is 38.2 Å². The van der Waals surface area contributed by atoms with Crippen molar-refractivity contribution in [3.05, 3.63) is 42.6 Å². The molecule has 1 atom stereocenters. The predicted molar refractivity (Wildman–Crippen MR) is 76.7 cm³/mol. The summed E-state index contributed by atoms with van der Waals surface area (Å²) in [5.41, 5.74) is 6.91. The highest BCUT2D eigenvalue weighted by Crippen LogP contribution is 2.10. The Labute approximate surface area is 108 Å². The second kappa shape index (κ2) is 6.21. The zero-order chi connectivity index (χ0) is 12.8. The van der Waals surface area contributed by atoms with Gasteiger partial charge >= 0.3 is 0 Å². The summed E-state index contributed by atoms with van der Waals surface area (Å²) >= 11 is 0. The number of hydrogen-bond donors (Lipinski definition) is 2.